The maximum absolute atomic E-state index is 13.3. The zero-order chi connectivity index (χ0) is 21.1. The molecule has 2 heterocycles. The normalized spacial score (nSPS) is 11.4. The fourth-order valence-corrected chi connectivity index (χ4v) is 4.23. The van der Waals surface area contributed by atoms with E-state index in [4.69, 9.17) is 16.0 Å². The predicted molar refractivity (Wildman–Crippen MR) is 115 cm³/mol. The van der Waals surface area contributed by atoms with E-state index >= 15 is 0 Å². The molecule has 0 aliphatic heterocycles. The number of anilines is 1. The summed E-state index contributed by atoms with van der Waals surface area (Å²) in [4.78, 5) is 8.45. The predicted octanol–water partition coefficient (Wildman–Crippen LogP) is 5.14. The maximum Gasteiger partial charge on any atom is 0.234 e. The number of aryl methyl sites for hydroxylation is 1. The summed E-state index contributed by atoms with van der Waals surface area (Å²) in [6.07, 6.45) is 3.33. The molecule has 0 aliphatic rings. The Labute approximate surface area is 179 Å². The molecule has 4 rings (SSSR count). The molecule has 0 radical (unpaired) electrons. The van der Waals surface area contributed by atoms with Gasteiger partial charge < -0.3 is 9.73 Å². The molecule has 0 atom stereocenters. The summed E-state index contributed by atoms with van der Waals surface area (Å²) in [5.41, 5.74) is 2.51. The second-order valence-electron chi connectivity index (χ2n) is 6.69. The Balaban J connectivity index is 1.76. The van der Waals surface area contributed by atoms with Crippen LogP contribution in [0, 0.1) is 6.92 Å². The SMILES string of the molecule is Cc1ccc(S(=O)(=O)c2nc(-c3ccc(Cl)cc3)oc2NCc2ccncc2)cc1. The van der Waals surface area contributed by atoms with Gasteiger partial charge in [-0.05, 0) is 61.0 Å². The third kappa shape index (κ3) is 4.22. The van der Waals surface area contributed by atoms with E-state index in [2.05, 4.69) is 15.3 Å². The Morgan fingerprint density at radius 2 is 1.63 bits per heavy atom. The second-order valence-corrected chi connectivity index (χ2v) is 8.99. The molecule has 8 heteroatoms. The molecule has 30 heavy (non-hydrogen) atoms. The highest BCUT2D eigenvalue weighted by molar-refractivity contribution is 7.91. The lowest BCUT2D eigenvalue weighted by molar-refractivity contribution is 0.576. The van der Waals surface area contributed by atoms with E-state index < -0.39 is 9.84 Å². The number of hydrogen-bond acceptors (Lipinski definition) is 6. The van der Waals surface area contributed by atoms with Gasteiger partial charge in [0, 0.05) is 29.5 Å². The first-order valence-electron chi connectivity index (χ1n) is 9.15. The van der Waals surface area contributed by atoms with Gasteiger partial charge in [-0.15, -0.1) is 0 Å². The molecule has 0 spiro atoms. The number of nitrogens with one attached hydrogen (secondary N) is 1. The van der Waals surface area contributed by atoms with Crippen molar-refractivity contribution in [2.24, 2.45) is 0 Å². The second kappa shape index (κ2) is 8.30. The number of oxazole rings is 1. The number of rotatable bonds is 6. The fourth-order valence-electron chi connectivity index (χ4n) is 2.83. The standard InChI is InChI=1S/C22H18ClN3O3S/c1-15-2-8-19(9-3-15)30(27,28)22-21(25-14-16-10-12-24-13-11-16)29-20(26-22)17-4-6-18(23)7-5-17/h2-13,25H,14H2,1H3. The van der Waals surface area contributed by atoms with Crippen molar-refractivity contribution in [3.63, 3.8) is 0 Å². The van der Waals surface area contributed by atoms with Crippen LogP contribution >= 0.6 is 11.6 Å². The molecule has 0 unspecified atom stereocenters. The van der Waals surface area contributed by atoms with E-state index in [1.165, 1.54) is 0 Å². The highest BCUT2D eigenvalue weighted by Gasteiger charge is 2.28. The summed E-state index contributed by atoms with van der Waals surface area (Å²) in [5, 5.41) is 3.46. The van der Waals surface area contributed by atoms with Crippen molar-refractivity contribution >= 4 is 27.3 Å². The molecule has 0 amide bonds. The lowest BCUT2D eigenvalue weighted by Gasteiger charge is -2.06. The molecule has 0 saturated heterocycles. The van der Waals surface area contributed by atoms with Crippen LogP contribution in [0.1, 0.15) is 11.1 Å². The minimum absolute atomic E-state index is 0.0809. The Morgan fingerprint density at radius 1 is 0.967 bits per heavy atom. The number of benzene rings is 2. The van der Waals surface area contributed by atoms with Gasteiger partial charge in [-0.25, -0.2) is 8.42 Å². The van der Waals surface area contributed by atoms with Crippen LogP contribution in [-0.2, 0) is 16.4 Å². The molecule has 0 saturated carbocycles. The lowest BCUT2D eigenvalue weighted by Crippen LogP contribution is -2.07. The number of sulfone groups is 1. The van der Waals surface area contributed by atoms with E-state index in [9.17, 15) is 8.42 Å². The van der Waals surface area contributed by atoms with Crippen LogP contribution in [0.3, 0.4) is 0 Å². The van der Waals surface area contributed by atoms with Gasteiger partial charge in [0.15, 0.2) is 0 Å². The van der Waals surface area contributed by atoms with Gasteiger partial charge in [-0.1, -0.05) is 29.3 Å². The van der Waals surface area contributed by atoms with Crippen molar-refractivity contribution in [2.75, 3.05) is 5.32 Å². The molecule has 0 bridgehead atoms. The zero-order valence-corrected chi connectivity index (χ0v) is 17.6. The average Bonchev–Trinajstić information content (AvgIpc) is 3.19. The molecule has 6 nitrogen and oxygen atoms in total. The first kappa shape index (κ1) is 20.1. The summed E-state index contributed by atoms with van der Waals surface area (Å²) in [5.74, 6) is 0.270. The first-order valence-corrected chi connectivity index (χ1v) is 11.0. The van der Waals surface area contributed by atoms with Crippen LogP contribution in [0.2, 0.25) is 5.02 Å². The molecule has 2 aromatic heterocycles. The highest BCUT2D eigenvalue weighted by atomic mass is 35.5. The average molecular weight is 440 g/mol. The van der Waals surface area contributed by atoms with Gasteiger partial charge in [-0.2, -0.15) is 4.98 Å². The van der Waals surface area contributed by atoms with E-state index in [1.54, 1.807) is 60.9 Å². The van der Waals surface area contributed by atoms with Crippen LogP contribution in [0.5, 0.6) is 0 Å². The Bertz CT molecular complexity index is 1250. The van der Waals surface area contributed by atoms with Crippen LogP contribution in [0.15, 0.2) is 87.4 Å². The van der Waals surface area contributed by atoms with Gasteiger partial charge >= 0.3 is 0 Å². The molecule has 4 aromatic rings. The molecular weight excluding hydrogens is 422 g/mol. The molecule has 2 aromatic carbocycles. The molecular formula is C22H18ClN3O3S. The topological polar surface area (TPSA) is 85.1 Å². The van der Waals surface area contributed by atoms with Crippen LogP contribution in [0.4, 0.5) is 5.88 Å². The minimum atomic E-state index is -3.89. The van der Waals surface area contributed by atoms with Crippen molar-refractivity contribution in [2.45, 2.75) is 23.4 Å². The largest absolute Gasteiger partial charge is 0.419 e. The van der Waals surface area contributed by atoms with Gasteiger partial charge in [-0.3, -0.25) is 4.98 Å². The summed E-state index contributed by atoms with van der Waals surface area (Å²) in [6.45, 7) is 2.25. The van der Waals surface area contributed by atoms with E-state index in [1.807, 2.05) is 19.1 Å². The van der Waals surface area contributed by atoms with E-state index in [0.29, 0.717) is 17.1 Å². The molecule has 0 fully saturated rings. The van der Waals surface area contributed by atoms with Crippen molar-refractivity contribution in [1.29, 1.82) is 0 Å². The Morgan fingerprint density at radius 3 is 2.30 bits per heavy atom. The Hall–Kier alpha value is -3.16. The van der Waals surface area contributed by atoms with Gasteiger partial charge in [0.05, 0.1) is 4.90 Å². The zero-order valence-electron chi connectivity index (χ0n) is 16.0. The maximum atomic E-state index is 13.3. The highest BCUT2D eigenvalue weighted by Crippen LogP contribution is 2.33. The number of nitrogens with zero attached hydrogens (tertiary/aromatic N) is 2. The molecule has 0 aliphatic carbocycles. The van der Waals surface area contributed by atoms with E-state index in [-0.39, 0.29) is 21.7 Å². The summed E-state index contributed by atoms with van der Waals surface area (Å²) < 4.78 is 32.4. The van der Waals surface area contributed by atoms with Crippen LogP contribution in [0.25, 0.3) is 11.5 Å². The third-order valence-corrected chi connectivity index (χ3v) is 6.41. The van der Waals surface area contributed by atoms with Crippen molar-refractivity contribution < 1.29 is 12.8 Å². The minimum Gasteiger partial charge on any atom is -0.419 e. The number of pyridine rings is 1. The van der Waals surface area contributed by atoms with Crippen LogP contribution in [-0.4, -0.2) is 18.4 Å². The number of halogens is 1. The lowest BCUT2D eigenvalue weighted by atomic mass is 10.2. The first-order chi connectivity index (χ1) is 14.4. The van der Waals surface area contributed by atoms with E-state index in [0.717, 1.165) is 11.1 Å². The van der Waals surface area contributed by atoms with Gasteiger partial charge in [0.25, 0.3) is 0 Å². The quantitative estimate of drug-likeness (QED) is 0.447. The fraction of sp³-hybridized carbons (Fsp3) is 0.0909. The number of aromatic nitrogens is 2. The van der Waals surface area contributed by atoms with Crippen molar-refractivity contribution in [1.82, 2.24) is 9.97 Å². The monoisotopic (exact) mass is 439 g/mol. The smallest absolute Gasteiger partial charge is 0.234 e. The molecule has 152 valence electrons. The van der Waals surface area contributed by atoms with Gasteiger partial charge in [0.2, 0.25) is 26.6 Å². The summed E-state index contributed by atoms with van der Waals surface area (Å²) >= 11 is 5.95. The van der Waals surface area contributed by atoms with Crippen LogP contribution < -0.4 is 5.32 Å². The summed E-state index contributed by atoms with van der Waals surface area (Å²) in [6, 6.07) is 17.1. The van der Waals surface area contributed by atoms with Crippen molar-refractivity contribution in [3.8, 4) is 11.5 Å². The third-order valence-electron chi connectivity index (χ3n) is 4.48. The molecule has 1 N–H and O–H groups in total. The van der Waals surface area contributed by atoms with Gasteiger partial charge in [0.1, 0.15) is 0 Å². The number of hydrogen-bond donors (Lipinski definition) is 1. The Kier molecular flexibility index (Phi) is 5.57. The van der Waals surface area contributed by atoms with Crippen molar-refractivity contribution in [3.05, 3.63) is 89.2 Å². The summed E-state index contributed by atoms with van der Waals surface area (Å²) in [7, 11) is -3.89.